The number of anilines is 1. The van der Waals surface area contributed by atoms with Crippen molar-refractivity contribution in [1.82, 2.24) is 0 Å². The smallest absolute Gasteiger partial charge is 0.106 e. The van der Waals surface area contributed by atoms with Crippen LogP contribution < -0.4 is 11.1 Å². The van der Waals surface area contributed by atoms with Crippen LogP contribution in [0.3, 0.4) is 0 Å². The van der Waals surface area contributed by atoms with Crippen LogP contribution in [0.15, 0.2) is 18.2 Å². The molecule has 2 nitrogen and oxygen atoms in total. The maximum atomic E-state index is 5.95. The molecule has 0 saturated heterocycles. The van der Waals surface area contributed by atoms with Crippen LogP contribution in [0.1, 0.15) is 51.0 Å². The van der Waals surface area contributed by atoms with E-state index in [0.29, 0.717) is 10.0 Å². The summed E-state index contributed by atoms with van der Waals surface area (Å²) < 4.78 is 0. The lowest BCUT2D eigenvalue weighted by molar-refractivity contribution is 0.617. The molecule has 0 heterocycles. The van der Waals surface area contributed by atoms with Crippen LogP contribution in [0.4, 0.5) is 5.69 Å². The lowest BCUT2D eigenvalue weighted by Crippen LogP contribution is -2.13. The van der Waals surface area contributed by atoms with Gasteiger partial charge in [0, 0.05) is 22.8 Å². The first-order valence-corrected chi connectivity index (χ1v) is 7.77. The minimum absolute atomic E-state index is 0.382. The molecule has 4 heteroatoms. The van der Waals surface area contributed by atoms with Gasteiger partial charge in [0.2, 0.25) is 0 Å². The van der Waals surface area contributed by atoms with Crippen LogP contribution in [0.2, 0.25) is 5.02 Å². The second-order valence-corrected chi connectivity index (χ2v) is 5.62. The van der Waals surface area contributed by atoms with Crippen molar-refractivity contribution in [1.29, 1.82) is 0 Å². The third kappa shape index (κ3) is 6.26. The molecule has 3 N–H and O–H groups in total. The Hall–Kier alpha value is -0.800. The number of nitrogens with two attached hydrogens (primary N) is 1. The molecule has 0 aliphatic carbocycles. The second kappa shape index (κ2) is 9.16. The van der Waals surface area contributed by atoms with Crippen LogP contribution in [0.25, 0.3) is 0 Å². The highest BCUT2D eigenvalue weighted by Crippen LogP contribution is 2.20. The molecule has 1 aromatic carbocycles. The monoisotopic (exact) mass is 298 g/mol. The Kier molecular flexibility index (Phi) is 7.84. The Balaban J connectivity index is 2.35. The molecule has 0 atom stereocenters. The summed E-state index contributed by atoms with van der Waals surface area (Å²) in [5.41, 5.74) is 7.51. The first kappa shape index (κ1) is 16.3. The topological polar surface area (TPSA) is 38.0 Å². The van der Waals surface area contributed by atoms with E-state index in [1.807, 2.05) is 18.2 Å². The van der Waals surface area contributed by atoms with Gasteiger partial charge < -0.3 is 11.1 Å². The van der Waals surface area contributed by atoms with Crippen LogP contribution in [-0.4, -0.2) is 11.5 Å². The summed E-state index contributed by atoms with van der Waals surface area (Å²) >= 11 is 11.0. The average Bonchev–Trinajstić information content (AvgIpc) is 2.39. The van der Waals surface area contributed by atoms with Crippen LogP contribution in [0.5, 0.6) is 0 Å². The zero-order valence-electron chi connectivity index (χ0n) is 11.5. The Morgan fingerprint density at radius 2 is 1.89 bits per heavy atom. The molecule has 0 spiro atoms. The van der Waals surface area contributed by atoms with Gasteiger partial charge in [-0.2, -0.15) is 0 Å². The molecule has 1 rings (SSSR count). The minimum Gasteiger partial charge on any atom is -0.389 e. The third-order valence-corrected chi connectivity index (χ3v) is 3.55. The van der Waals surface area contributed by atoms with E-state index < -0.39 is 0 Å². The maximum Gasteiger partial charge on any atom is 0.106 e. The lowest BCUT2D eigenvalue weighted by Gasteiger charge is -2.11. The summed E-state index contributed by atoms with van der Waals surface area (Å²) in [6.07, 6.45) is 7.73. The number of unbranched alkanes of at least 4 members (excludes halogenated alkanes) is 5. The summed E-state index contributed by atoms with van der Waals surface area (Å²) in [4.78, 5) is 0.382. The van der Waals surface area contributed by atoms with Crippen LogP contribution >= 0.6 is 23.8 Å². The standard InChI is InChI=1S/C15H23ClN2S/c1-2-3-4-5-6-7-10-18-14-9-8-12(16)11-13(14)15(17)19/h8-9,11,18H,2-7,10H2,1H3,(H2,17,19). The highest BCUT2D eigenvalue weighted by molar-refractivity contribution is 7.80. The van der Waals surface area contributed by atoms with Crippen molar-refractivity contribution in [2.45, 2.75) is 45.4 Å². The van der Waals surface area contributed by atoms with Crippen molar-refractivity contribution in [3.63, 3.8) is 0 Å². The third-order valence-electron chi connectivity index (χ3n) is 3.09. The van der Waals surface area contributed by atoms with Gasteiger partial charge in [-0.25, -0.2) is 0 Å². The first-order valence-electron chi connectivity index (χ1n) is 6.98. The molecule has 19 heavy (non-hydrogen) atoms. The van der Waals surface area contributed by atoms with Crippen molar-refractivity contribution in [2.24, 2.45) is 5.73 Å². The fourth-order valence-electron chi connectivity index (χ4n) is 2.00. The molecule has 0 aliphatic heterocycles. The number of hydrogen-bond acceptors (Lipinski definition) is 2. The fraction of sp³-hybridized carbons (Fsp3) is 0.533. The molecule has 0 radical (unpaired) electrons. The summed E-state index contributed by atoms with van der Waals surface area (Å²) in [5, 5.41) is 4.05. The number of benzene rings is 1. The van der Waals surface area contributed by atoms with E-state index in [2.05, 4.69) is 12.2 Å². The SMILES string of the molecule is CCCCCCCCNc1ccc(Cl)cc1C(N)=S. The number of rotatable bonds is 9. The van der Waals surface area contributed by atoms with E-state index in [-0.39, 0.29) is 0 Å². The summed E-state index contributed by atoms with van der Waals surface area (Å²) in [5.74, 6) is 0. The van der Waals surface area contributed by atoms with Crippen molar-refractivity contribution < 1.29 is 0 Å². The van der Waals surface area contributed by atoms with Crippen molar-refractivity contribution in [3.05, 3.63) is 28.8 Å². The number of nitrogens with one attached hydrogen (secondary N) is 1. The normalized spacial score (nSPS) is 10.4. The zero-order chi connectivity index (χ0) is 14.1. The van der Waals surface area contributed by atoms with Gasteiger partial charge >= 0.3 is 0 Å². The van der Waals surface area contributed by atoms with Gasteiger partial charge in [0.25, 0.3) is 0 Å². The zero-order valence-corrected chi connectivity index (χ0v) is 13.1. The van der Waals surface area contributed by atoms with E-state index >= 15 is 0 Å². The molecular weight excluding hydrogens is 276 g/mol. The van der Waals surface area contributed by atoms with E-state index in [9.17, 15) is 0 Å². The molecule has 0 aliphatic rings. The fourth-order valence-corrected chi connectivity index (χ4v) is 2.34. The summed E-state index contributed by atoms with van der Waals surface area (Å²) in [7, 11) is 0. The highest BCUT2D eigenvalue weighted by Gasteiger charge is 2.05. The molecule has 0 fully saturated rings. The van der Waals surface area contributed by atoms with Crippen molar-refractivity contribution in [3.8, 4) is 0 Å². The Labute approximate surface area is 126 Å². The van der Waals surface area contributed by atoms with Gasteiger partial charge in [-0.15, -0.1) is 0 Å². The van der Waals surface area contributed by atoms with Gasteiger partial charge in [-0.3, -0.25) is 0 Å². The number of thiocarbonyl (C=S) groups is 1. The summed E-state index contributed by atoms with van der Waals surface area (Å²) in [6.45, 7) is 3.18. The molecule has 1 aromatic rings. The number of halogens is 1. The molecule has 106 valence electrons. The van der Waals surface area contributed by atoms with E-state index in [4.69, 9.17) is 29.6 Å². The van der Waals surface area contributed by atoms with Crippen LogP contribution in [0, 0.1) is 0 Å². The molecule has 0 aromatic heterocycles. The Bertz CT molecular complexity index is 407. The van der Waals surface area contributed by atoms with Gasteiger partial charge in [0.1, 0.15) is 4.99 Å². The molecule has 0 amide bonds. The number of hydrogen-bond donors (Lipinski definition) is 2. The van der Waals surface area contributed by atoms with E-state index in [0.717, 1.165) is 17.8 Å². The van der Waals surface area contributed by atoms with Gasteiger partial charge in [-0.1, -0.05) is 62.8 Å². The molecule has 0 unspecified atom stereocenters. The van der Waals surface area contributed by atoms with Crippen molar-refractivity contribution in [2.75, 3.05) is 11.9 Å². The quantitative estimate of drug-likeness (QED) is 0.510. The van der Waals surface area contributed by atoms with Gasteiger partial charge in [-0.05, 0) is 24.6 Å². The molecule has 0 bridgehead atoms. The Morgan fingerprint density at radius 3 is 2.58 bits per heavy atom. The maximum absolute atomic E-state index is 5.95. The summed E-state index contributed by atoms with van der Waals surface area (Å²) in [6, 6.07) is 5.61. The van der Waals surface area contributed by atoms with E-state index in [1.165, 1.54) is 38.5 Å². The predicted molar refractivity (Wildman–Crippen MR) is 89.2 cm³/mol. The highest BCUT2D eigenvalue weighted by atomic mass is 35.5. The van der Waals surface area contributed by atoms with Crippen molar-refractivity contribution >= 4 is 34.5 Å². The van der Waals surface area contributed by atoms with Crippen LogP contribution in [-0.2, 0) is 0 Å². The van der Waals surface area contributed by atoms with Gasteiger partial charge in [0.15, 0.2) is 0 Å². The molecule has 0 saturated carbocycles. The first-order chi connectivity index (χ1) is 9.15. The largest absolute Gasteiger partial charge is 0.389 e. The Morgan fingerprint density at radius 1 is 1.21 bits per heavy atom. The predicted octanol–water partition coefficient (Wildman–Crippen LogP) is 4.75. The minimum atomic E-state index is 0.382. The average molecular weight is 299 g/mol. The molecular formula is C15H23ClN2S. The second-order valence-electron chi connectivity index (χ2n) is 4.75. The van der Waals surface area contributed by atoms with Gasteiger partial charge in [0.05, 0.1) is 0 Å². The van der Waals surface area contributed by atoms with E-state index in [1.54, 1.807) is 0 Å². The lowest BCUT2D eigenvalue weighted by atomic mass is 10.1.